The summed E-state index contributed by atoms with van der Waals surface area (Å²) < 4.78 is 12.3. The van der Waals surface area contributed by atoms with Gasteiger partial charge in [-0.1, -0.05) is 84.1 Å². The molecule has 0 aliphatic carbocycles. The highest BCUT2D eigenvalue weighted by Gasteiger charge is 2.22. The summed E-state index contributed by atoms with van der Waals surface area (Å²) in [5.74, 6) is 1.25. The van der Waals surface area contributed by atoms with Crippen LogP contribution >= 0.6 is 11.3 Å². The molecule has 0 spiro atoms. The Kier molecular flexibility index (Phi) is 6.55. The van der Waals surface area contributed by atoms with E-state index in [1.165, 1.54) is 11.3 Å². The molecule has 0 bridgehead atoms. The molecule has 5 heterocycles. The van der Waals surface area contributed by atoms with Crippen LogP contribution in [0.25, 0.3) is 64.4 Å². The fourth-order valence-corrected chi connectivity index (χ4v) is 8.15. The highest BCUT2D eigenvalue weighted by Crippen LogP contribution is 2.41. The van der Waals surface area contributed by atoms with Crippen LogP contribution in [0.2, 0.25) is 0 Å². The van der Waals surface area contributed by atoms with Gasteiger partial charge in [0.1, 0.15) is 37.5 Å². The highest BCUT2D eigenvalue weighted by molar-refractivity contribution is 7.25. The number of thiophene rings is 1. The van der Waals surface area contributed by atoms with Crippen molar-refractivity contribution in [3.8, 4) is 0 Å². The third-order valence-electron chi connectivity index (χ3n) is 9.61. The second-order valence-corrected chi connectivity index (χ2v) is 13.7. The van der Waals surface area contributed by atoms with Crippen LogP contribution in [0, 0.1) is 0 Å². The maximum absolute atomic E-state index is 6.14. The molecule has 9 heteroatoms. The van der Waals surface area contributed by atoms with Crippen molar-refractivity contribution >= 4 is 110 Å². The van der Waals surface area contributed by atoms with Crippen LogP contribution < -0.4 is 9.80 Å². The normalized spacial score (nSPS) is 11.8. The van der Waals surface area contributed by atoms with Crippen LogP contribution in [-0.2, 0) is 0 Å². The largest absolute Gasteiger partial charge is 0.456 e. The number of anilines is 6. The minimum Gasteiger partial charge on any atom is -0.456 e. The SMILES string of the molecule is c1ccc(N(c2ccc3oc4ccccc4c3c2)c2cnc3c(n2)sc2nc(N(c4ccccc4)c4ccc5oc6ccccc6c5c4)ncc23)cc1. The second-order valence-electron chi connectivity index (χ2n) is 12.8. The van der Waals surface area contributed by atoms with E-state index in [0.717, 1.165) is 87.2 Å². The van der Waals surface area contributed by atoms with Gasteiger partial charge in [0, 0.05) is 50.5 Å². The molecule has 0 N–H and O–H groups in total. The smallest absolute Gasteiger partial charge is 0.235 e. The van der Waals surface area contributed by atoms with Gasteiger partial charge in [-0.05, 0) is 72.8 Å². The number of para-hydroxylation sites is 4. The maximum atomic E-state index is 6.14. The third-order valence-corrected chi connectivity index (χ3v) is 10.6. The van der Waals surface area contributed by atoms with E-state index >= 15 is 0 Å². The molecule has 250 valence electrons. The summed E-state index contributed by atoms with van der Waals surface area (Å²) in [6, 6.07) is 49.1. The maximum Gasteiger partial charge on any atom is 0.235 e. The van der Waals surface area contributed by atoms with E-state index in [9.17, 15) is 0 Å². The Balaban J connectivity index is 1.04. The minimum atomic E-state index is 0.550. The van der Waals surface area contributed by atoms with Gasteiger partial charge >= 0.3 is 0 Å². The number of furan rings is 2. The average Bonchev–Trinajstić information content (AvgIpc) is 3.89. The zero-order valence-corrected chi connectivity index (χ0v) is 28.7. The fourth-order valence-electron chi connectivity index (χ4n) is 7.18. The molecule has 8 nitrogen and oxygen atoms in total. The van der Waals surface area contributed by atoms with E-state index in [4.69, 9.17) is 28.8 Å². The van der Waals surface area contributed by atoms with Crippen molar-refractivity contribution in [3.05, 3.63) is 158 Å². The van der Waals surface area contributed by atoms with E-state index in [1.54, 1.807) is 0 Å². The van der Waals surface area contributed by atoms with Crippen LogP contribution in [0.3, 0.4) is 0 Å². The van der Waals surface area contributed by atoms with E-state index in [0.29, 0.717) is 11.8 Å². The molecular formula is C44H26N6O2S. The van der Waals surface area contributed by atoms with Crippen LogP contribution in [-0.4, -0.2) is 19.9 Å². The lowest BCUT2D eigenvalue weighted by molar-refractivity contribution is 0.668. The molecule has 0 saturated carbocycles. The molecule has 0 fully saturated rings. The Labute approximate surface area is 305 Å². The summed E-state index contributed by atoms with van der Waals surface area (Å²) in [5.41, 5.74) is 7.95. The molecule has 0 amide bonds. The molecule has 0 aliphatic rings. The lowest BCUT2D eigenvalue weighted by atomic mass is 10.1. The van der Waals surface area contributed by atoms with Crippen LogP contribution in [0.4, 0.5) is 34.5 Å². The van der Waals surface area contributed by atoms with Crippen LogP contribution in [0.15, 0.2) is 167 Å². The standard InChI is InChI=1S/C44H26N6O2S/c1-3-11-27(12-4-1)49(29-19-21-38-33(23-29)31-15-7-9-17-36(31)51-38)40-26-45-41-35-25-46-44(48-42(35)53-43(41)47-40)50(28-13-5-2-6-14-28)30-20-22-39-34(24-30)32-16-8-10-18-37(32)52-39/h1-26H. The Morgan fingerprint density at radius 1 is 0.415 bits per heavy atom. The Hall–Kier alpha value is -7.10. The molecular weight excluding hydrogens is 677 g/mol. The third kappa shape index (κ3) is 4.82. The lowest BCUT2D eigenvalue weighted by Gasteiger charge is -2.24. The van der Waals surface area contributed by atoms with Gasteiger partial charge in [0.2, 0.25) is 5.95 Å². The van der Waals surface area contributed by atoms with Crippen LogP contribution in [0.1, 0.15) is 0 Å². The zero-order chi connectivity index (χ0) is 34.9. The second kappa shape index (κ2) is 11.7. The summed E-state index contributed by atoms with van der Waals surface area (Å²) in [6.45, 7) is 0. The number of hydrogen-bond acceptors (Lipinski definition) is 9. The van der Waals surface area contributed by atoms with Gasteiger partial charge in [-0.25, -0.2) is 19.9 Å². The first kappa shape index (κ1) is 29.6. The minimum absolute atomic E-state index is 0.550. The summed E-state index contributed by atoms with van der Waals surface area (Å²) >= 11 is 1.51. The molecule has 53 heavy (non-hydrogen) atoms. The molecule has 6 aromatic carbocycles. The van der Waals surface area contributed by atoms with E-state index in [-0.39, 0.29) is 0 Å². The molecule has 5 aromatic heterocycles. The number of rotatable bonds is 6. The van der Waals surface area contributed by atoms with Gasteiger partial charge in [0.05, 0.1) is 11.6 Å². The molecule has 0 aliphatic heterocycles. The van der Waals surface area contributed by atoms with Crippen LogP contribution in [0.5, 0.6) is 0 Å². The van der Waals surface area contributed by atoms with Gasteiger partial charge in [0.15, 0.2) is 5.82 Å². The van der Waals surface area contributed by atoms with Crippen molar-refractivity contribution < 1.29 is 8.83 Å². The monoisotopic (exact) mass is 702 g/mol. The predicted molar refractivity (Wildman–Crippen MR) is 214 cm³/mol. The van der Waals surface area contributed by atoms with Crippen molar-refractivity contribution in [1.29, 1.82) is 0 Å². The van der Waals surface area contributed by atoms with Gasteiger partial charge in [-0.15, -0.1) is 0 Å². The molecule has 0 saturated heterocycles. The highest BCUT2D eigenvalue weighted by atomic mass is 32.1. The van der Waals surface area contributed by atoms with Crippen molar-refractivity contribution in [1.82, 2.24) is 19.9 Å². The van der Waals surface area contributed by atoms with Crippen molar-refractivity contribution in [2.75, 3.05) is 9.80 Å². The lowest BCUT2D eigenvalue weighted by Crippen LogP contribution is -2.13. The molecule has 0 unspecified atom stereocenters. The fraction of sp³-hybridized carbons (Fsp3) is 0. The van der Waals surface area contributed by atoms with E-state index in [1.807, 2.05) is 103 Å². The number of hydrogen-bond donors (Lipinski definition) is 0. The van der Waals surface area contributed by atoms with Crippen molar-refractivity contribution in [2.24, 2.45) is 0 Å². The molecule has 0 radical (unpaired) electrons. The number of nitrogens with zero attached hydrogens (tertiary/aromatic N) is 6. The molecule has 0 atom stereocenters. The number of fused-ring (bicyclic) bond motifs is 9. The van der Waals surface area contributed by atoms with Crippen molar-refractivity contribution in [3.63, 3.8) is 0 Å². The first-order chi connectivity index (χ1) is 26.2. The summed E-state index contributed by atoms with van der Waals surface area (Å²) in [6.07, 6.45) is 3.69. The summed E-state index contributed by atoms with van der Waals surface area (Å²) in [5, 5.41) is 5.07. The van der Waals surface area contributed by atoms with Gasteiger partial charge in [-0.3, -0.25) is 9.80 Å². The first-order valence-corrected chi connectivity index (χ1v) is 18.0. The van der Waals surface area contributed by atoms with E-state index < -0.39 is 0 Å². The Morgan fingerprint density at radius 2 is 0.962 bits per heavy atom. The molecule has 11 aromatic rings. The van der Waals surface area contributed by atoms with Gasteiger partial charge < -0.3 is 8.83 Å². The molecule has 11 rings (SSSR count). The predicted octanol–water partition coefficient (Wildman–Crippen LogP) is 12.4. The van der Waals surface area contributed by atoms with E-state index in [2.05, 4.69) is 64.4 Å². The van der Waals surface area contributed by atoms with Gasteiger partial charge in [0.25, 0.3) is 0 Å². The average molecular weight is 703 g/mol. The Bertz CT molecular complexity index is 2940. The van der Waals surface area contributed by atoms with Crippen molar-refractivity contribution in [2.45, 2.75) is 0 Å². The number of benzene rings is 6. The summed E-state index contributed by atoms with van der Waals surface area (Å²) in [7, 11) is 0. The zero-order valence-electron chi connectivity index (χ0n) is 27.9. The quantitative estimate of drug-likeness (QED) is 0.169. The topological polar surface area (TPSA) is 84.3 Å². The van der Waals surface area contributed by atoms with Gasteiger partial charge in [-0.2, -0.15) is 0 Å². The first-order valence-electron chi connectivity index (χ1n) is 17.2. The Morgan fingerprint density at radius 3 is 1.60 bits per heavy atom. The summed E-state index contributed by atoms with van der Waals surface area (Å²) in [4.78, 5) is 26.0. The number of aromatic nitrogens is 4.